The molecule has 0 aliphatic rings. The molecule has 0 bridgehead atoms. The summed E-state index contributed by atoms with van der Waals surface area (Å²) in [7, 11) is 0. The van der Waals surface area contributed by atoms with Gasteiger partial charge in [-0.25, -0.2) is 14.4 Å². The van der Waals surface area contributed by atoms with Gasteiger partial charge in [0.2, 0.25) is 0 Å². The lowest BCUT2D eigenvalue weighted by Crippen LogP contribution is -2.28. The fourth-order valence-electron chi connectivity index (χ4n) is 3.46. The highest BCUT2D eigenvalue weighted by Gasteiger charge is 2.22. The predicted octanol–water partition coefficient (Wildman–Crippen LogP) is 6.18. The molecule has 0 fully saturated rings. The summed E-state index contributed by atoms with van der Waals surface area (Å²) in [6.07, 6.45) is 0.991. The van der Waals surface area contributed by atoms with Gasteiger partial charge in [-0.05, 0) is 43.3 Å². The standard InChI is InChI=1S/C24H16ClF5N4O3/c1-11(32-22(35)12-7-14(36-23(27)28)9-15(8-12)37-24(29)30)19-21(17-6-5-13(26)10-31-17)33-18-4-2-3-16(25)20(18)34-19/h2-11,23-24H,1H3,(H,32,35)/t11-/m0/s1. The highest BCUT2D eigenvalue weighted by molar-refractivity contribution is 6.34. The van der Waals surface area contributed by atoms with Gasteiger partial charge in [0.25, 0.3) is 5.91 Å². The molecule has 0 saturated carbocycles. The Balaban J connectivity index is 1.72. The molecular weight excluding hydrogens is 523 g/mol. The van der Waals surface area contributed by atoms with E-state index in [-0.39, 0.29) is 27.7 Å². The molecule has 1 atom stereocenters. The van der Waals surface area contributed by atoms with Crippen LogP contribution < -0.4 is 14.8 Å². The van der Waals surface area contributed by atoms with Crippen LogP contribution in [0.2, 0.25) is 5.02 Å². The van der Waals surface area contributed by atoms with E-state index in [2.05, 4.69) is 29.7 Å². The fourth-order valence-corrected chi connectivity index (χ4v) is 3.67. The monoisotopic (exact) mass is 538 g/mol. The van der Waals surface area contributed by atoms with Crippen molar-refractivity contribution in [1.29, 1.82) is 0 Å². The third-order valence-electron chi connectivity index (χ3n) is 4.99. The molecule has 0 aliphatic heterocycles. The maximum absolute atomic E-state index is 13.5. The highest BCUT2D eigenvalue weighted by atomic mass is 35.5. The maximum atomic E-state index is 13.5. The largest absolute Gasteiger partial charge is 0.435 e. The summed E-state index contributed by atoms with van der Waals surface area (Å²) in [4.78, 5) is 26.1. The molecule has 37 heavy (non-hydrogen) atoms. The van der Waals surface area contributed by atoms with Gasteiger partial charge in [-0.15, -0.1) is 0 Å². The van der Waals surface area contributed by atoms with E-state index in [4.69, 9.17) is 11.6 Å². The number of hydrogen-bond donors (Lipinski definition) is 1. The number of alkyl halides is 4. The fraction of sp³-hybridized carbons (Fsp3) is 0.167. The second-order valence-corrected chi connectivity index (χ2v) is 7.98. The Morgan fingerprint density at radius 3 is 2.24 bits per heavy atom. The highest BCUT2D eigenvalue weighted by Crippen LogP contribution is 2.30. The number of nitrogens with zero attached hydrogens (tertiary/aromatic N) is 3. The lowest BCUT2D eigenvalue weighted by atomic mass is 10.1. The van der Waals surface area contributed by atoms with Crippen LogP contribution in [0.15, 0.2) is 54.7 Å². The van der Waals surface area contributed by atoms with Crippen LogP contribution in [0.4, 0.5) is 22.0 Å². The number of aromatic nitrogens is 3. The van der Waals surface area contributed by atoms with E-state index in [0.717, 1.165) is 24.4 Å². The third kappa shape index (κ3) is 6.20. The van der Waals surface area contributed by atoms with Gasteiger partial charge in [0.1, 0.15) is 28.5 Å². The number of nitrogens with one attached hydrogen (secondary N) is 1. The molecule has 0 radical (unpaired) electrons. The van der Waals surface area contributed by atoms with Gasteiger partial charge in [-0.3, -0.25) is 9.78 Å². The Morgan fingerprint density at radius 2 is 1.65 bits per heavy atom. The Morgan fingerprint density at radius 1 is 0.973 bits per heavy atom. The smallest absolute Gasteiger partial charge is 0.387 e. The van der Waals surface area contributed by atoms with Gasteiger partial charge in [0, 0.05) is 11.6 Å². The normalized spacial score (nSPS) is 12.1. The SMILES string of the molecule is C[C@H](NC(=O)c1cc(OC(F)F)cc(OC(F)F)c1)c1nc2c(Cl)cccc2nc1-c1ccc(F)cn1. The van der Waals surface area contributed by atoms with Crippen LogP contribution in [-0.4, -0.2) is 34.1 Å². The molecule has 7 nitrogen and oxygen atoms in total. The van der Waals surface area contributed by atoms with Crippen molar-refractivity contribution in [1.82, 2.24) is 20.3 Å². The first kappa shape index (κ1) is 26.0. The predicted molar refractivity (Wildman–Crippen MR) is 123 cm³/mol. The molecule has 0 aliphatic carbocycles. The molecule has 0 saturated heterocycles. The van der Waals surface area contributed by atoms with Gasteiger partial charge in [0.05, 0.1) is 34.2 Å². The molecule has 4 rings (SSSR count). The Kier molecular flexibility index (Phi) is 7.67. The van der Waals surface area contributed by atoms with Gasteiger partial charge in [-0.2, -0.15) is 17.6 Å². The number of pyridine rings is 1. The first-order valence-corrected chi connectivity index (χ1v) is 10.9. The minimum absolute atomic E-state index is 0.206. The van der Waals surface area contributed by atoms with Crippen molar-refractivity contribution >= 4 is 28.5 Å². The second kappa shape index (κ2) is 10.9. The molecule has 1 N–H and O–H groups in total. The van der Waals surface area contributed by atoms with Crippen molar-refractivity contribution in [3.63, 3.8) is 0 Å². The van der Waals surface area contributed by atoms with Gasteiger partial charge < -0.3 is 14.8 Å². The van der Waals surface area contributed by atoms with E-state index in [0.29, 0.717) is 11.0 Å². The van der Waals surface area contributed by atoms with E-state index < -0.39 is 42.5 Å². The molecule has 13 heteroatoms. The van der Waals surface area contributed by atoms with E-state index in [1.54, 1.807) is 25.1 Å². The minimum Gasteiger partial charge on any atom is -0.435 e. The van der Waals surface area contributed by atoms with Crippen LogP contribution in [0.3, 0.4) is 0 Å². The summed E-state index contributed by atoms with van der Waals surface area (Å²) < 4.78 is 72.8. The number of rotatable bonds is 8. The number of carbonyl (C=O) groups excluding carboxylic acids is 1. The zero-order valence-electron chi connectivity index (χ0n) is 18.8. The molecule has 0 spiro atoms. The van der Waals surface area contributed by atoms with E-state index in [1.807, 2.05) is 0 Å². The van der Waals surface area contributed by atoms with Crippen molar-refractivity contribution in [3.8, 4) is 22.9 Å². The summed E-state index contributed by atoms with van der Waals surface area (Å²) in [5, 5.41) is 2.89. The van der Waals surface area contributed by atoms with Crippen LogP contribution in [-0.2, 0) is 0 Å². The average molecular weight is 539 g/mol. The summed E-state index contributed by atoms with van der Waals surface area (Å²) in [5.74, 6) is -2.53. The summed E-state index contributed by atoms with van der Waals surface area (Å²) in [5.41, 5.74) is 1.13. The van der Waals surface area contributed by atoms with Crippen molar-refractivity contribution in [3.05, 3.63) is 76.8 Å². The molecule has 2 aromatic carbocycles. The first-order valence-electron chi connectivity index (χ1n) is 10.5. The minimum atomic E-state index is -3.26. The van der Waals surface area contributed by atoms with Crippen LogP contribution in [0, 0.1) is 5.82 Å². The van der Waals surface area contributed by atoms with Crippen LogP contribution in [0.25, 0.3) is 22.4 Å². The summed E-state index contributed by atoms with van der Waals surface area (Å²) >= 11 is 6.27. The zero-order chi connectivity index (χ0) is 26.7. The molecule has 192 valence electrons. The summed E-state index contributed by atoms with van der Waals surface area (Å²) in [6, 6.07) is 9.28. The molecule has 2 heterocycles. The topological polar surface area (TPSA) is 86.2 Å². The molecule has 4 aromatic rings. The lowest BCUT2D eigenvalue weighted by molar-refractivity contribution is -0.0543. The van der Waals surface area contributed by atoms with Gasteiger partial charge in [0.15, 0.2) is 0 Å². The van der Waals surface area contributed by atoms with Crippen molar-refractivity contribution in [2.24, 2.45) is 0 Å². The third-order valence-corrected chi connectivity index (χ3v) is 5.30. The molecule has 2 aromatic heterocycles. The number of benzene rings is 2. The maximum Gasteiger partial charge on any atom is 0.387 e. The number of hydrogen-bond acceptors (Lipinski definition) is 6. The molecular formula is C24H16ClF5N4O3. The quantitative estimate of drug-likeness (QED) is 0.270. The van der Waals surface area contributed by atoms with E-state index in [1.165, 1.54) is 12.1 Å². The lowest BCUT2D eigenvalue weighted by Gasteiger charge is -2.18. The molecule has 1 amide bonds. The van der Waals surface area contributed by atoms with Crippen LogP contribution in [0.1, 0.15) is 29.0 Å². The number of halogens is 6. The second-order valence-electron chi connectivity index (χ2n) is 7.57. The summed E-state index contributed by atoms with van der Waals surface area (Å²) in [6.45, 7) is -4.98. The average Bonchev–Trinajstić information content (AvgIpc) is 2.83. The van der Waals surface area contributed by atoms with Crippen LogP contribution in [0.5, 0.6) is 11.5 Å². The van der Waals surface area contributed by atoms with E-state index in [9.17, 15) is 26.7 Å². The van der Waals surface area contributed by atoms with Crippen molar-refractivity contribution in [2.75, 3.05) is 0 Å². The zero-order valence-corrected chi connectivity index (χ0v) is 19.5. The van der Waals surface area contributed by atoms with Crippen LogP contribution >= 0.6 is 11.6 Å². The van der Waals surface area contributed by atoms with Crippen molar-refractivity contribution < 1.29 is 36.2 Å². The Labute approximate surface area is 211 Å². The number of amides is 1. The number of fused-ring (bicyclic) bond motifs is 1. The number of ether oxygens (including phenoxy) is 2. The van der Waals surface area contributed by atoms with E-state index >= 15 is 0 Å². The Bertz CT molecular complexity index is 1410. The van der Waals surface area contributed by atoms with Gasteiger partial charge in [-0.1, -0.05) is 17.7 Å². The Hall–Kier alpha value is -4.06. The first-order chi connectivity index (χ1) is 17.6. The number of carbonyl (C=O) groups is 1. The number of para-hydroxylation sites is 1. The van der Waals surface area contributed by atoms with Crippen molar-refractivity contribution in [2.45, 2.75) is 26.2 Å². The van der Waals surface area contributed by atoms with Gasteiger partial charge >= 0.3 is 13.2 Å². The molecule has 0 unspecified atom stereocenters.